The van der Waals surface area contributed by atoms with Gasteiger partial charge >= 0.3 is 6.09 Å². The van der Waals surface area contributed by atoms with E-state index in [0.717, 1.165) is 0 Å². The summed E-state index contributed by atoms with van der Waals surface area (Å²) in [5, 5.41) is 0. The third-order valence-corrected chi connectivity index (χ3v) is 0.377. The predicted molar refractivity (Wildman–Crippen MR) is 30.4 cm³/mol. The minimum Gasteiger partial charge on any atom is -0.444 e. The van der Waals surface area contributed by atoms with E-state index in [1.54, 1.807) is 13.8 Å². The van der Waals surface area contributed by atoms with Crippen molar-refractivity contribution in [1.29, 1.82) is 0 Å². The van der Waals surface area contributed by atoms with Gasteiger partial charge in [0.1, 0.15) is 5.60 Å². The highest BCUT2D eigenvalue weighted by Gasteiger charge is 2.12. The van der Waals surface area contributed by atoms with Crippen LogP contribution in [0.15, 0.2) is 0 Å². The highest BCUT2D eigenvalue weighted by molar-refractivity contribution is 5.65. The van der Waals surface area contributed by atoms with Crippen LogP contribution in [0.25, 0.3) is 0 Å². The molecule has 0 radical (unpaired) electrons. The number of carbonyl (C=O) groups excluding carboxylic acids is 1. The smallest absolute Gasteiger partial charge is 0.405 e. The summed E-state index contributed by atoms with van der Waals surface area (Å²) in [6.45, 7) is 3.28. The first-order valence-corrected chi connectivity index (χ1v) is 2.25. The number of ether oxygens (including phenoxy) is 1. The molecule has 0 heterocycles. The van der Waals surface area contributed by atoms with Crippen molar-refractivity contribution < 1.29 is 10.9 Å². The third kappa shape index (κ3) is 5.27. The molecule has 0 atom stereocenters. The first kappa shape index (κ1) is 5.41. The summed E-state index contributed by atoms with van der Waals surface area (Å²) in [6.07, 6.45) is -0.827. The Hall–Kier alpha value is -0.730. The van der Waals surface area contributed by atoms with Crippen molar-refractivity contribution in [2.24, 2.45) is 5.73 Å². The fraction of sp³-hybridized carbons (Fsp3) is 0.800. The van der Waals surface area contributed by atoms with Gasteiger partial charge in [-0.15, -0.1) is 0 Å². The van der Waals surface area contributed by atoms with E-state index in [0.29, 0.717) is 0 Å². The van der Waals surface area contributed by atoms with Crippen molar-refractivity contribution in [2.75, 3.05) is 0 Å². The van der Waals surface area contributed by atoms with Crippen LogP contribution in [0.5, 0.6) is 0 Å². The summed E-state index contributed by atoms with van der Waals surface area (Å²) in [5.74, 6) is 0. The number of hydrogen-bond acceptors (Lipinski definition) is 2. The van der Waals surface area contributed by atoms with Gasteiger partial charge in [-0.3, -0.25) is 0 Å². The van der Waals surface area contributed by atoms with Crippen LogP contribution in [0.2, 0.25) is 0 Å². The van der Waals surface area contributed by atoms with E-state index in [1.807, 2.05) is 0 Å². The van der Waals surface area contributed by atoms with Crippen LogP contribution in [0.4, 0.5) is 4.79 Å². The van der Waals surface area contributed by atoms with Gasteiger partial charge in [-0.1, -0.05) is 0 Å². The lowest BCUT2D eigenvalue weighted by Gasteiger charge is -2.16. The Labute approximate surface area is 50.2 Å². The van der Waals surface area contributed by atoms with Gasteiger partial charge in [0.15, 0.2) is 0 Å². The normalized spacial score (nSPS) is 12.5. The summed E-state index contributed by atoms with van der Waals surface area (Å²) in [4.78, 5) is 10.1. The van der Waals surface area contributed by atoms with E-state index < -0.39 is 11.7 Å². The van der Waals surface area contributed by atoms with Gasteiger partial charge in [0.25, 0.3) is 0 Å². The molecule has 0 aromatic rings. The SMILES string of the molecule is [2H]CC(C)(C)OC(N)=O. The second kappa shape index (κ2) is 2.03. The van der Waals surface area contributed by atoms with Crippen molar-refractivity contribution in [3.05, 3.63) is 0 Å². The molecule has 3 nitrogen and oxygen atoms in total. The monoisotopic (exact) mass is 118 g/mol. The first-order valence-electron chi connectivity index (χ1n) is 2.96. The maximum Gasteiger partial charge on any atom is 0.405 e. The second-order valence-corrected chi connectivity index (χ2v) is 2.18. The second-order valence-electron chi connectivity index (χ2n) is 2.18. The lowest BCUT2D eigenvalue weighted by Crippen LogP contribution is -2.27. The minimum atomic E-state index is -0.827. The molecule has 1 amide bonds. The zero-order valence-electron chi connectivity index (χ0n) is 6.10. The largest absolute Gasteiger partial charge is 0.444 e. The Morgan fingerprint density at radius 3 is 2.50 bits per heavy atom. The van der Waals surface area contributed by atoms with Gasteiger partial charge in [0.2, 0.25) is 0 Å². The average Bonchev–Trinajstić information content (AvgIpc) is 1.63. The number of carbonyl (C=O) groups is 1. The van der Waals surface area contributed by atoms with Crippen molar-refractivity contribution in [3.63, 3.8) is 0 Å². The number of primary amides is 1. The molecule has 0 bridgehead atoms. The fourth-order valence-electron chi connectivity index (χ4n) is 0.272. The van der Waals surface area contributed by atoms with Gasteiger partial charge in [0, 0.05) is 1.37 Å². The molecular weight excluding hydrogens is 106 g/mol. The summed E-state index contributed by atoms with van der Waals surface area (Å²) in [6, 6.07) is 0. The zero-order chi connectivity index (χ0) is 7.49. The molecule has 3 heteroatoms. The molecule has 0 aliphatic heterocycles. The molecule has 2 N–H and O–H groups in total. The van der Waals surface area contributed by atoms with Crippen LogP contribution >= 0.6 is 0 Å². The van der Waals surface area contributed by atoms with Gasteiger partial charge in [-0.25, -0.2) is 4.79 Å². The Morgan fingerprint density at radius 2 is 2.38 bits per heavy atom. The molecule has 0 saturated heterocycles. The Morgan fingerprint density at radius 1 is 1.88 bits per heavy atom. The highest BCUT2D eigenvalue weighted by Crippen LogP contribution is 2.04. The Balaban J connectivity index is 3.71. The van der Waals surface area contributed by atoms with Crippen molar-refractivity contribution in [2.45, 2.75) is 26.3 Å². The quantitative estimate of drug-likeness (QED) is 0.513. The minimum absolute atomic E-state index is 0.0237. The average molecular weight is 118 g/mol. The summed E-state index contributed by atoms with van der Waals surface area (Å²) in [5.41, 5.74) is 3.97. The first-order chi connectivity index (χ1) is 3.98. The van der Waals surface area contributed by atoms with E-state index >= 15 is 0 Å². The molecule has 8 heavy (non-hydrogen) atoms. The lowest BCUT2D eigenvalue weighted by atomic mass is 10.2. The van der Waals surface area contributed by atoms with Crippen LogP contribution in [-0.4, -0.2) is 11.7 Å². The molecule has 0 aliphatic rings. The molecule has 0 saturated carbocycles. The molecule has 0 rings (SSSR count). The van der Waals surface area contributed by atoms with E-state index in [1.165, 1.54) is 0 Å². The van der Waals surface area contributed by atoms with Gasteiger partial charge in [-0.05, 0) is 20.7 Å². The summed E-state index contributed by atoms with van der Waals surface area (Å²) >= 11 is 0. The number of rotatable bonds is 0. The predicted octanol–water partition coefficient (Wildman–Crippen LogP) is 0.880. The number of nitrogens with two attached hydrogens (primary N) is 1. The molecule has 0 spiro atoms. The van der Waals surface area contributed by atoms with Crippen LogP contribution < -0.4 is 5.73 Å². The Kier molecular flexibility index (Phi) is 1.37. The van der Waals surface area contributed by atoms with Crippen LogP contribution in [0.3, 0.4) is 0 Å². The molecule has 0 aliphatic carbocycles. The molecular formula is C5H11NO2. The van der Waals surface area contributed by atoms with Gasteiger partial charge < -0.3 is 10.5 Å². The zero-order valence-corrected chi connectivity index (χ0v) is 5.10. The third-order valence-electron chi connectivity index (χ3n) is 0.377. The summed E-state index contributed by atoms with van der Waals surface area (Å²) in [7, 11) is 0. The standard InChI is InChI=1S/C5H11NO2/c1-5(2,3)8-4(6)7/h1-3H3,(H2,6,7)/i1D. The molecule has 0 aromatic heterocycles. The van der Waals surface area contributed by atoms with Crippen LogP contribution in [0, 0.1) is 0 Å². The maximum atomic E-state index is 10.1. The molecule has 48 valence electrons. The van der Waals surface area contributed by atoms with Crippen molar-refractivity contribution in [3.8, 4) is 0 Å². The van der Waals surface area contributed by atoms with Crippen molar-refractivity contribution in [1.82, 2.24) is 0 Å². The van der Waals surface area contributed by atoms with E-state index in [4.69, 9.17) is 7.10 Å². The summed E-state index contributed by atoms with van der Waals surface area (Å²) < 4.78 is 11.4. The van der Waals surface area contributed by atoms with Crippen molar-refractivity contribution >= 4 is 6.09 Å². The number of amides is 1. The highest BCUT2D eigenvalue weighted by atomic mass is 16.6. The van der Waals surface area contributed by atoms with Crippen LogP contribution in [0.1, 0.15) is 22.1 Å². The van der Waals surface area contributed by atoms with Gasteiger partial charge in [0.05, 0.1) is 0 Å². The number of hydrogen-bond donors (Lipinski definition) is 1. The Bertz CT molecular complexity index is 114. The van der Waals surface area contributed by atoms with E-state index in [9.17, 15) is 4.79 Å². The topological polar surface area (TPSA) is 52.3 Å². The van der Waals surface area contributed by atoms with Crippen LogP contribution in [-0.2, 0) is 4.74 Å². The van der Waals surface area contributed by atoms with E-state index in [-0.39, 0.29) is 6.90 Å². The molecule has 0 unspecified atom stereocenters. The van der Waals surface area contributed by atoms with E-state index in [2.05, 4.69) is 4.74 Å². The molecule has 0 fully saturated rings. The lowest BCUT2D eigenvalue weighted by molar-refractivity contribution is 0.0600. The van der Waals surface area contributed by atoms with Gasteiger partial charge in [-0.2, -0.15) is 0 Å². The maximum absolute atomic E-state index is 10.1. The molecule has 0 aromatic carbocycles. The fourth-order valence-corrected chi connectivity index (χ4v) is 0.272.